The maximum Gasteiger partial charge on any atom is 0.303 e. The molecule has 0 fully saturated rings. The van der Waals surface area contributed by atoms with Crippen LogP contribution in [0.5, 0.6) is 0 Å². The Morgan fingerprint density at radius 2 is 2.00 bits per heavy atom. The zero-order valence-electron chi connectivity index (χ0n) is 11.4. The molecule has 106 valence electrons. The van der Waals surface area contributed by atoms with E-state index < -0.39 is 11.4 Å². The molecule has 0 saturated carbocycles. The molecule has 2 aromatic rings. The van der Waals surface area contributed by atoms with Gasteiger partial charge in [0.05, 0.1) is 6.42 Å². The lowest BCUT2D eigenvalue weighted by Crippen LogP contribution is -2.21. The van der Waals surface area contributed by atoms with E-state index >= 15 is 0 Å². The van der Waals surface area contributed by atoms with Crippen LogP contribution in [0.2, 0.25) is 0 Å². The van der Waals surface area contributed by atoms with Gasteiger partial charge in [0, 0.05) is 33.6 Å². The van der Waals surface area contributed by atoms with Gasteiger partial charge in [-0.05, 0) is 17.5 Å². The van der Waals surface area contributed by atoms with Crippen molar-refractivity contribution < 1.29 is 14.7 Å². The maximum atomic E-state index is 12.4. The molecular formula is C15H16BrNO3. The van der Waals surface area contributed by atoms with Crippen LogP contribution in [-0.4, -0.2) is 21.8 Å². The van der Waals surface area contributed by atoms with Gasteiger partial charge in [-0.1, -0.05) is 35.8 Å². The molecule has 1 aromatic heterocycles. The molecule has 2 rings (SSSR count). The van der Waals surface area contributed by atoms with Crippen LogP contribution in [0, 0.1) is 5.41 Å². The molecule has 0 aliphatic heterocycles. The van der Waals surface area contributed by atoms with Gasteiger partial charge >= 0.3 is 5.97 Å². The third-order valence-electron chi connectivity index (χ3n) is 3.21. The highest BCUT2D eigenvalue weighted by Crippen LogP contribution is 2.30. The van der Waals surface area contributed by atoms with Gasteiger partial charge in [0.2, 0.25) is 0 Å². The summed E-state index contributed by atoms with van der Waals surface area (Å²) in [6.07, 6.45) is 1.88. The van der Waals surface area contributed by atoms with E-state index in [2.05, 4.69) is 20.9 Å². The Morgan fingerprint density at radius 1 is 1.30 bits per heavy atom. The number of aliphatic carboxylic acids is 1. The number of aromatic nitrogens is 1. The molecule has 4 nitrogen and oxygen atoms in total. The number of carbonyl (C=O) groups is 2. The highest BCUT2D eigenvalue weighted by atomic mass is 79.9. The summed E-state index contributed by atoms with van der Waals surface area (Å²) in [7, 11) is 0. The van der Waals surface area contributed by atoms with Crippen LogP contribution in [0.15, 0.2) is 28.9 Å². The minimum absolute atomic E-state index is 0.0212. The van der Waals surface area contributed by atoms with Gasteiger partial charge in [0.25, 0.3) is 0 Å². The van der Waals surface area contributed by atoms with Crippen LogP contribution >= 0.6 is 15.9 Å². The molecule has 0 spiro atoms. The van der Waals surface area contributed by atoms with Crippen LogP contribution in [0.4, 0.5) is 0 Å². The molecule has 0 radical (unpaired) electrons. The van der Waals surface area contributed by atoms with E-state index in [1.165, 1.54) is 0 Å². The molecule has 0 saturated heterocycles. The van der Waals surface area contributed by atoms with Crippen molar-refractivity contribution in [3.05, 3.63) is 34.4 Å². The van der Waals surface area contributed by atoms with Gasteiger partial charge < -0.3 is 10.1 Å². The van der Waals surface area contributed by atoms with Crippen molar-refractivity contribution >= 4 is 38.6 Å². The summed E-state index contributed by atoms with van der Waals surface area (Å²) in [5, 5.41) is 9.74. The van der Waals surface area contributed by atoms with Gasteiger partial charge in [-0.15, -0.1) is 0 Å². The fourth-order valence-corrected chi connectivity index (χ4v) is 2.69. The number of fused-ring (bicyclic) bond motifs is 1. The average molecular weight is 338 g/mol. The predicted molar refractivity (Wildman–Crippen MR) is 81.0 cm³/mol. The smallest absolute Gasteiger partial charge is 0.303 e. The van der Waals surface area contributed by atoms with Crippen molar-refractivity contribution in [3.63, 3.8) is 0 Å². The topological polar surface area (TPSA) is 70.2 Å². The number of hydrogen-bond donors (Lipinski definition) is 2. The number of benzene rings is 1. The predicted octanol–water partition coefficient (Wildman–Crippen LogP) is 4.00. The molecule has 0 aliphatic carbocycles. The summed E-state index contributed by atoms with van der Waals surface area (Å²) in [5.41, 5.74) is 0.951. The number of carboxylic acids is 1. The third kappa shape index (κ3) is 3.28. The van der Waals surface area contributed by atoms with E-state index in [0.29, 0.717) is 5.56 Å². The number of ketones is 1. The summed E-state index contributed by atoms with van der Waals surface area (Å²) in [4.78, 5) is 26.3. The van der Waals surface area contributed by atoms with E-state index in [-0.39, 0.29) is 18.6 Å². The Hall–Kier alpha value is -1.62. The van der Waals surface area contributed by atoms with E-state index in [0.717, 1.165) is 15.4 Å². The van der Waals surface area contributed by atoms with Crippen molar-refractivity contribution in [3.8, 4) is 0 Å². The van der Waals surface area contributed by atoms with Crippen molar-refractivity contribution in [2.24, 2.45) is 5.41 Å². The minimum atomic E-state index is -0.884. The van der Waals surface area contributed by atoms with E-state index in [9.17, 15) is 9.59 Å². The molecule has 2 N–H and O–H groups in total. The highest BCUT2D eigenvalue weighted by molar-refractivity contribution is 9.10. The Balaban J connectivity index is 2.26. The van der Waals surface area contributed by atoms with Gasteiger partial charge in [-0.3, -0.25) is 9.59 Å². The number of carbonyl (C=O) groups excluding carboxylic acids is 1. The molecule has 0 bridgehead atoms. The second-order valence-corrected chi connectivity index (χ2v) is 6.64. The molecule has 0 amide bonds. The largest absolute Gasteiger partial charge is 0.481 e. The quantitative estimate of drug-likeness (QED) is 0.810. The number of Topliss-reactive ketones (excluding diaryl/α,β-unsaturated/α-hetero) is 1. The number of aromatic amines is 1. The summed E-state index contributed by atoms with van der Waals surface area (Å²) < 4.78 is 0.942. The first-order chi connectivity index (χ1) is 9.28. The van der Waals surface area contributed by atoms with Crippen LogP contribution in [0.25, 0.3) is 10.9 Å². The lowest BCUT2D eigenvalue weighted by Gasteiger charge is -2.20. The first-order valence-corrected chi connectivity index (χ1v) is 7.09. The standard InChI is InChI=1S/C15H16BrNO3/c1-15(2,7-14(19)20)6-13(18)11-8-17-12-5-9(16)3-4-10(11)12/h3-5,8,17H,6-7H2,1-2H3,(H,19,20). The van der Waals surface area contributed by atoms with Gasteiger partial charge in [-0.25, -0.2) is 0 Å². The molecule has 0 unspecified atom stereocenters. The van der Waals surface area contributed by atoms with Crippen molar-refractivity contribution in [1.82, 2.24) is 4.98 Å². The first kappa shape index (κ1) is 14.8. The zero-order chi connectivity index (χ0) is 14.9. The van der Waals surface area contributed by atoms with E-state index in [4.69, 9.17) is 5.11 Å². The highest BCUT2D eigenvalue weighted by Gasteiger charge is 2.26. The lowest BCUT2D eigenvalue weighted by molar-refractivity contribution is -0.139. The number of hydrogen-bond acceptors (Lipinski definition) is 2. The molecule has 0 aliphatic rings. The lowest BCUT2D eigenvalue weighted by atomic mass is 9.82. The molecule has 5 heteroatoms. The van der Waals surface area contributed by atoms with E-state index in [1.54, 1.807) is 20.0 Å². The van der Waals surface area contributed by atoms with Gasteiger partial charge in [0.15, 0.2) is 5.78 Å². The Bertz CT molecular complexity index is 673. The summed E-state index contributed by atoms with van der Waals surface area (Å²) in [6.45, 7) is 3.59. The second-order valence-electron chi connectivity index (χ2n) is 5.73. The number of halogens is 1. The minimum Gasteiger partial charge on any atom is -0.481 e. The Morgan fingerprint density at radius 3 is 2.65 bits per heavy atom. The Kier molecular flexibility index (Phi) is 3.99. The molecule has 1 heterocycles. The molecule has 0 atom stereocenters. The normalized spacial score (nSPS) is 11.8. The van der Waals surface area contributed by atoms with Crippen molar-refractivity contribution in [2.75, 3.05) is 0 Å². The van der Waals surface area contributed by atoms with Crippen molar-refractivity contribution in [2.45, 2.75) is 26.7 Å². The van der Waals surface area contributed by atoms with Crippen molar-refractivity contribution in [1.29, 1.82) is 0 Å². The Labute approximate surface area is 125 Å². The molecular weight excluding hydrogens is 322 g/mol. The molecule has 20 heavy (non-hydrogen) atoms. The maximum absolute atomic E-state index is 12.4. The number of nitrogens with one attached hydrogen (secondary N) is 1. The number of rotatable bonds is 5. The SMILES string of the molecule is CC(C)(CC(=O)O)CC(=O)c1c[nH]c2cc(Br)ccc12. The van der Waals surface area contributed by atoms with Gasteiger partial charge in [-0.2, -0.15) is 0 Å². The first-order valence-electron chi connectivity index (χ1n) is 6.30. The monoisotopic (exact) mass is 337 g/mol. The van der Waals surface area contributed by atoms with Crippen LogP contribution < -0.4 is 0 Å². The number of carboxylic acid groups (broad SMARTS) is 1. The van der Waals surface area contributed by atoms with Crippen LogP contribution in [0.1, 0.15) is 37.0 Å². The van der Waals surface area contributed by atoms with Crippen LogP contribution in [-0.2, 0) is 4.79 Å². The third-order valence-corrected chi connectivity index (χ3v) is 3.71. The van der Waals surface area contributed by atoms with Crippen LogP contribution in [0.3, 0.4) is 0 Å². The summed E-state index contributed by atoms with van der Waals surface area (Å²) >= 11 is 3.38. The van der Waals surface area contributed by atoms with E-state index in [1.807, 2.05) is 18.2 Å². The molecule has 1 aromatic carbocycles. The number of H-pyrrole nitrogens is 1. The average Bonchev–Trinajstić information content (AvgIpc) is 2.68. The fourth-order valence-electron chi connectivity index (χ4n) is 2.33. The second kappa shape index (κ2) is 5.40. The van der Waals surface area contributed by atoms with Gasteiger partial charge in [0.1, 0.15) is 0 Å². The summed E-state index contributed by atoms with van der Waals surface area (Å²) in [6, 6.07) is 5.68. The summed E-state index contributed by atoms with van der Waals surface area (Å²) in [5.74, 6) is -0.921. The zero-order valence-corrected chi connectivity index (χ0v) is 13.0. The fraction of sp³-hybridized carbons (Fsp3) is 0.333.